The van der Waals surface area contributed by atoms with Crippen molar-refractivity contribution in [1.82, 2.24) is 9.97 Å². The Hall–Kier alpha value is -2.14. The number of aromatic nitrogens is 2. The number of halogens is 1. The van der Waals surface area contributed by atoms with Crippen LogP contribution in [0.1, 0.15) is 5.56 Å². The number of H-pyrrole nitrogens is 2. The fourth-order valence-corrected chi connectivity index (χ4v) is 1.40. The summed E-state index contributed by atoms with van der Waals surface area (Å²) >= 11 is 5.92. The van der Waals surface area contributed by atoms with Gasteiger partial charge in [0.1, 0.15) is 5.69 Å². The molecule has 0 atom stereocenters. The average Bonchev–Trinajstić information content (AvgIpc) is 2.30. The Morgan fingerprint density at radius 2 is 2.00 bits per heavy atom. The summed E-state index contributed by atoms with van der Waals surface area (Å²) in [7, 11) is 0. The average molecular weight is 250 g/mol. The highest BCUT2D eigenvalue weighted by atomic mass is 35.5. The lowest BCUT2D eigenvalue weighted by atomic mass is 10.2. The van der Waals surface area contributed by atoms with Gasteiger partial charge < -0.3 is 4.98 Å². The molecule has 0 unspecified atom stereocenters. The summed E-state index contributed by atoms with van der Waals surface area (Å²) < 4.78 is 0. The maximum Gasteiger partial charge on any atom is 0.325 e. The molecule has 0 aliphatic carbocycles. The maximum atomic E-state index is 11.3. The number of aliphatic imine (C=N–C) groups is 1. The molecule has 2 N–H and O–H groups in total. The summed E-state index contributed by atoms with van der Waals surface area (Å²) in [5, 5.41) is 0.539. The summed E-state index contributed by atoms with van der Waals surface area (Å²) in [5.74, 6) is 0. The Morgan fingerprint density at radius 3 is 2.71 bits per heavy atom. The summed E-state index contributed by atoms with van der Waals surface area (Å²) in [6.45, 7) is 0. The van der Waals surface area contributed by atoms with E-state index in [1.165, 1.54) is 12.4 Å². The van der Waals surface area contributed by atoms with E-state index in [9.17, 15) is 9.59 Å². The molecule has 0 amide bonds. The van der Waals surface area contributed by atoms with Crippen LogP contribution < -0.4 is 11.2 Å². The van der Waals surface area contributed by atoms with Crippen LogP contribution in [0.3, 0.4) is 0 Å². The van der Waals surface area contributed by atoms with Gasteiger partial charge in [-0.2, -0.15) is 0 Å². The minimum atomic E-state index is -0.563. The van der Waals surface area contributed by atoms with Crippen molar-refractivity contribution in [3.8, 4) is 0 Å². The molecule has 1 heterocycles. The van der Waals surface area contributed by atoms with E-state index in [-0.39, 0.29) is 5.69 Å². The topological polar surface area (TPSA) is 78.1 Å². The molecule has 0 fully saturated rings. The van der Waals surface area contributed by atoms with Crippen LogP contribution in [0.4, 0.5) is 5.69 Å². The maximum absolute atomic E-state index is 11.3. The number of rotatable bonds is 2. The standard InChI is InChI=1S/C11H8ClN3O2/c12-8-4-2-1-3-7(8)5-13-9-6-14-11(17)15-10(9)16/h1-6H,(H2,14,15,16,17). The zero-order valence-electron chi connectivity index (χ0n) is 8.61. The van der Waals surface area contributed by atoms with Crippen molar-refractivity contribution in [3.05, 3.63) is 61.9 Å². The summed E-state index contributed by atoms with van der Waals surface area (Å²) in [6.07, 6.45) is 2.71. The number of aromatic amines is 2. The first-order valence-corrected chi connectivity index (χ1v) is 5.15. The lowest BCUT2D eigenvalue weighted by molar-refractivity contribution is 1.03. The second-order valence-corrected chi connectivity index (χ2v) is 3.64. The Kier molecular flexibility index (Phi) is 3.20. The third kappa shape index (κ3) is 2.70. The lowest BCUT2D eigenvalue weighted by Crippen LogP contribution is -2.20. The molecule has 0 saturated carbocycles. The number of benzene rings is 1. The molecular weight excluding hydrogens is 242 g/mol. The Morgan fingerprint density at radius 1 is 1.24 bits per heavy atom. The zero-order chi connectivity index (χ0) is 12.3. The van der Waals surface area contributed by atoms with Gasteiger partial charge in [-0.05, 0) is 6.07 Å². The Balaban J connectivity index is 2.36. The molecule has 5 nitrogen and oxygen atoms in total. The molecule has 0 aliphatic rings. The lowest BCUT2D eigenvalue weighted by Gasteiger charge is -1.95. The highest BCUT2D eigenvalue weighted by Gasteiger charge is 1.98. The SMILES string of the molecule is O=c1[nH]cc(N=Cc2ccccc2Cl)c(=O)[nH]1. The van der Waals surface area contributed by atoms with Crippen LogP contribution in [0, 0.1) is 0 Å². The second-order valence-electron chi connectivity index (χ2n) is 3.24. The van der Waals surface area contributed by atoms with Crippen molar-refractivity contribution in [3.63, 3.8) is 0 Å². The molecule has 17 heavy (non-hydrogen) atoms. The van der Waals surface area contributed by atoms with Gasteiger partial charge >= 0.3 is 5.69 Å². The van der Waals surface area contributed by atoms with E-state index in [1.807, 2.05) is 6.07 Å². The zero-order valence-corrected chi connectivity index (χ0v) is 9.36. The van der Waals surface area contributed by atoms with Gasteiger partial charge in [0.2, 0.25) is 0 Å². The van der Waals surface area contributed by atoms with E-state index in [0.717, 1.165) is 0 Å². The molecule has 86 valence electrons. The van der Waals surface area contributed by atoms with Gasteiger partial charge in [-0.25, -0.2) is 9.79 Å². The molecule has 0 spiro atoms. The summed E-state index contributed by atoms with van der Waals surface area (Å²) in [4.78, 5) is 30.5. The Labute approximate surface area is 101 Å². The fraction of sp³-hybridized carbons (Fsp3) is 0. The molecule has 2 aromatic rings. The van der Waals surface area contributed by atoms with E-state index in [4.69, 9.17) is 11.6 Å². The van der Waals surface area contributed by atoms with Gasteiger partial charge in [0, 0.05) is 23.0 Å². The van der Waals surface area contributed by atoms with E-state index < -0.39 is 11.2 Å². The quantitative estimate of drug-likeness (QED) is 0.791. The largest absolute Gasteiger partial charge is 0.325 e. The summed E-state index contributed by atoms with van der Waals surface area (Å²) in [5.41, 5.74) is -0.298. The van der Waals surface area contributed by atoms with E-state index in [1.54, 1.807) is 18.2 Å². The van der Waals surface area contributed by atoms with Crippen LogP contribution in [0.5, 0.6) is 0 Å². The van der Waals surface area contributed by atoms with Gasteiger partial charge in [-0.15, -0.1) is 0 Å². The molecule has 0 radical (unpaired) electrons. The summed E-state index contributed by atoms with van der Waals surface area (Å²) in [6, 6.07) is 7.10. The van der Waals surface area contributed by atoms with Crippen molar-refractivity contribution in [2.45, 2.75) is 0 Å². The molecule has 2 rings (SSSR count). The van der Waals surface area contributed by atoms with Gasteiger partial charge in [0.15, 0.2) is 0 Å². The van der Waals surface area contributed by atoms with Crippen molar-refractivity contribution in [2.24, 2.45) is 4.99 Å². The third-order valence-electron chi connectivity index (χ3n) is 2.05. The van der Waals surface area contributed by atoms with Gasteiger partial charge in [0.25, 0.3) is 5.56 Å². The monoisotopic (exact) mass is 249 g/mol. The van der Waals surface area contributed by atoms with Crippen LogP contribution in [0.15, 0.2) is 45.0 Å². The molecule has 0 bridgehead atoms. The van der Waals surface area contributed by atoms with Crippen molar-refractivity contribution in [2.75, 3.05) is 0 Å². The van der Waals surface area contributed by atoms with Crippen molar-refractivity contribution < 1.29 is 0 Å². The van der Waals surface area contributed by atoms with E-state index in [2.05, 4.69) is 15.0 Å². The predicted molar refractivity (Wildman–Crippen MR) is 66.4 cm³/mol. The van der Waals surface area contributed by atoms with Crippen LogP contribution in [-0.4, -0.2) is 16.2 Å². The fourth-order valence-electron chi connectivity index (χ4n) is 1.22. The molecule has 1 aromatic heterocycles. The van der Waals surface area contributed by atoms with Crippen molar-refractivity contribution in [1.29, 1.82) is 0 Å². The van der Waals surface area contributed by atoms with Crippen LogP contribution >= 0.6 is 11.6 Å². The second kappa shape index (κ2) is 4.80. The molecule has 0 aliphatic heterocycles. The number of nitrogens with one attached hydrogen (secondary N) is 2. The van der Waals surface area contributed by atoms with Crippen LogP contribution in [0.25, 0.3) is 0 Å². The molecular formula is C11H8ClN3O2. The number of hydrogen-bond donors (Lipinski definition) is 2. The van der Waals surface area contributed by atoms with E-state index in [0.29, 0.717) is 10.6 Å². The first kappa shape index (κ1) is 11.3. The third-order valence-corrected chi connectivity index (χ3v) is 2.39. The molecule has 0 saturated heterocycles. The van der Waals surface area contributed by atoms with Crippen LogP contribution in [0.2, 0.25) is 5.02 Å². The smallest absolute Gasteiger partial charge is 0.312 e. The van der Waals surface area contributed by atoms with Crippen LogP contribution in [-0.2, 0) is 0 Å². The van der Waals surface area contributed by atoms with Gasteiger partial charge in [-0.1, -0.05) is 29.8 Å². The highest BCUT2D eigenvalue weighted by Crippen LogP contribution is 2.13. The molecule has 1 aromatic carbocycles. The van der Waals surface area contributed by atoms with Crippen molar-refractivity contribution >= 4 is 23.5 Å². The predicted octanol–water partition coefficient (Wildman–Crippen LogP) is 1.47. The minimum absolute atomic E-state index is 0.115. The normalized spacial score (nSPS) is 10.9. The number of nitrogens with zero attached hydrogens (tertiary/aromatic N) is 1. The molecule has 6 heteroatoms. The van der Waals surface area contributed by atoms with Gasteiger partial charge in [0.05, 0.1) is 0 Å². The number of hydrogen-bond acceptors (Lipinski definition) is 3. The Bertz CT molecular complexity index is 673. The van der Waals surface area contributed by atoms with E-state index >= 15 is 0 Å². The first-order chi connectivity index (χ1) is 8.16. The van der Waals surface area contributed by atoms with Gasteiger partial charge in [-0.3, -0.25) is 9.78 Å². The first-order valence-electron chi connectivity index (χ1n) is 4.77. The minimum Gasteiger partial charge on any atom is -0.312 e. The highest BCUT2D eigenvalue weighted by molar-refractivity contribution is 6.33.